The van der Waals surface area contributed by atoms with Gasteiger partial charge in [0.2, 0.25) is 0 Å². The Morgan fingerprint density at radius 1 is 1.10 bits per heavy atom. The molecule has 0 spiro atoms. The molecule has 0 radical (unpaired) electrons. The molecule has 1 aliphatic rings. The predicted molar refractivity (Wildman–Crippen MR) is 91.2 cm³/mol. The fourth-order valence-electron chi connectivity index (χ4n) is 2.45. The molecule has 1 N–H and O–H groups in total. The molecule has 0 aliphatic carbocycles. The van der Waals surface area contributed by atoms with Crippen LogP contribution < -0.4 is 5.32 Å². The lowest BCUT2D eigenvalue weighted by molar-refractivity contribution is -0.110. The lowest BCUT2D eigenvalue weighted by Crippen LogP contribution is -2.03. The second-order valence-electron chi connectivity index (χ2n) is 5.52. The Morgan fingerprint density at radius 2 is 1.81 bits per heavy atom. The van der Waals surface area contributed by atoms with Crippen molar-refractivity contribution in [1.82, 2.24) is 0 Å². The van der Waals surface area contributed by atoms with Gasteiger partial charge in [0, 0.05) is 21.3 Å². The maximum atomic E-state index is 12.1. The molecule has 2 aromatic rings. The number of fused-ring (bicyclic) bond motifs is 1. The molecule has 0 unspecified atom stereocenters. The van der Waals surface area contributed by atoms with E-state index in [1.807, 2.05) is 24.3 Å². The molecule has 1 heterocycles. The third-order valence-corrected chi connectivity index (χ3v) is 4.17. The topological polar surface area (TPSA) is 29.1 Å². The molecule has 0 saturated carbocycles. The summed E-state index contributed by atoms with van der Waals surface area (Å²) in [7, 11) is 0. The standard InChI is InChI=1S/C18H16BrNO/c1-11(2)13-5-3-12(4-6-13)9-16-15-10-14(19)7-8-17(15)20-18(16)21/h3-11H,1-2H3,(H,20,21)/b16-9-. The summed E-state index contributed by atoms with van der Waals surface area (Å²) in [5.74, 6) is 0.467. The highest BCUT2D eigenvalue weighted by atomic mass is 79.9. The number of benzene rings is 2. The number of nitrogens with one attached hydrogen (secondary N) is 1. The van der Waals surface area contributed by atoms with Gasteiger partial charge in [0.15, 0.2) is 0 Å². The molecule has 2 aromatic carbocycles. The van der Waals surface area contributed by atoms with Crippen LogP contribution in [0.15, 0.2) is 46.9 Å². The van der Waals surface area contributed by atoms with E-state index in [-0.39, 0.29) is 5.91 Å². The summed E-state index contributed by atoms with van der Waals surface area (Å²) in [6.45, 7) is 4.34. The maximum Gasteiger partial charge on any atom is 0.256 e. The van der Waals surface area contributed by atoms with Crippen LogP contribution in [0.4, 0.5) is 5.69 Å². The SMILES string of the molecule is CC(C)c1ccc(/C=C2\C(=O)Nc3ccc(Br)cc32)cc1. The van der Waals surface area contributed by atoms with Crippen LogP contribution in [0.3, 0.4) is 0 Å². The highest BCUT2D eigenvalue weighted by molar-refractivity contribution is 9.10. The van der Waals surface area contributed by atoms with Gasteiger partial charge in [-0.3, -0.25) is 4.79 Å². The van der Waals surface area contributed by atoms with E-state index in [9.17, 15) is 4.79 Å². The summed E-state index contributed by atoms with van der Waals surface area (Å²) in [4.78, 5) is 12.1. The van der Waals surface area contributed by atoms with Crippen molar-refractivity contribution in [1.29, 1.82) is 0 Å². The Hall–Kier alpha value is -1.87. The smallest absolute Gasteiger partial charge is 0.256 e. The number of hydrogen-bond acceptors (Lipinski definition) is 1. The van der Waals surface area contributed by atoms with Crippen molar-refractivity contribution in [3.63, 3.8) is 0 Å². The number of rotatable bonds is 2. The zero-order chi connectivity index (χ0) is 15.0. The zero-order valence-electron chi connectivity index (χ0n) is 12.0. The van der Waals surface area contributed by atoms with Crippen LogP contribution in [0, 0.1) is 0 Å². The molecule has 0 bridgehead atoms. The number of carbonyl (C=O) groups is 1. The van der Waals surface area contributed by atoms with Gasteiger partial charge in [-0.25, -0.2) is 0 Å². The molecule has 0 saturated heterocycles. The lowest BCUT2D eigenvalue weighted by Gasteiger charge is -2.05. The van der Waals surface area contributed by atoms with Crippen molar-refractivity contribution in [2.75, 3.05) is 5.32 Å². The molecular formula is C18H16BrNO. The van der Waals surface area contributed by atoms with Crippen molar-refractivity contribution in [2.24, 2.45) is 0 Å². The first kappa shape index (κ1) is 14.1. The van der Waals surface area contributed by atoms with Crippen LogP contribution in [-0.2, 0) is 4.79 Å². The summed E-state index contributed by atoms with van der Waals surface area (Å²) >= 11 is 3.46. The van der Waals surface area contributed by atoms with Crippen LogP contribution in [0.1, 0.15) is 36.5 Å². The molecule has 0 atom stereocenters. The average Bonchev–Trinajstić information content (AvgIpc) is 2.76. The minimum Gasteiger partial charge on any atom is -0.321 e. The van der Waals surface area contributed by atoms with Gasteiger partial charge in [-0.05, 0) is 41.3 Å². The number of amides is 1. The van der Waals surface area contributed by atoms with Crippen molar-refractivity contribution < 1.29 is 4.79 Å². The van der Waals surface area contributed by atoms with Gasteiger partial charge >= 0.3 is 0 Å². The van der Waals surface area contributed by atoms with Gasteiger partial charge in [0.25, 0.3) is 5.91 Å². The molecule has 1 aliphatic heterocycles. The highest BCUT2D eigenvalue weighted by Gasteiger charge is 2.23. The zero-order valence-corrected chi connectivity index (χ0v) is 13.6. The van der Waals surface area contributed by atoms with Crippen LogP contribution >= 0.6 is 15.9 Å². The lowest BCUT2D eigenvalue weighted by atomic mass is 9.99. The third kappa shape index (κ3) is 2.79. The van der Waals surface area contributed by atoms with E-state index in [4.69, 9.17) is 0 Å². The number of halogens is 1. The van der Waals surface area contributed by atoms with E-state index >= 15 is 0 Å². The van der Waals surface area contributed by atoms with Gasteiger partial charge in [-0.15, -0.1) is 0 Å². The normalized spacial score (nSPS) is 15.4. The summed E-state index contributed by atoms with van der Waals surface area (Å²) in [5.41, 5.74) is 4.87. The molecule has 106 valence electrons. The van der Waals surface area contributed by atoms with Gasteiger partial charge < -0.3 is 5.32 Å². The minimum absolute atomic E-state index is 0.0453. The number of hydrogen-bond donors (Lipinski definition) is 1. The first-order valence-corrected chi connectivity index (χ1v) is 7.77. The van der Waals surface area contributed by atoms with Crippen molar-refractivity contribution in [2.45, 2.75) is 19.8 Å². The van der Waals surface area contributed by atoms with E-state index in [2.05, 4.69) is 59.4 Å². The molecule has 2 nitrogen and oxygen atoms in total. The molecule has 3 rings (SSSR count). The largest absolute Gasteiger partial charge is 0.321 e. The first-order valence-electron chi connectivity index (χ1n) is 6.97. The molecule has 3 heteroatoms. The second kappa shape index (κ2) is 5.49. The monoisotopic (exact) mass is 341 g/mol. The molecule has 0 fully saturated rings. The minimum atomic E-state index is -0.0453. The average molecular weight is 342 g/mol. The third-order valence-electron chi connectivity index (χ3n) is 3.68. The van der Waals surface area contributed by atoms with Gasteiger partial charge in [0.1, 0.15) is 0 Å². The second-order valence-corrected chi connectivity index (χ2v) is 6.44. The van der Waals surface area contributed by atoms with E-state index in [1.165, 1.54) is 5.56 Å². The highest BCUT2D eigenvalue weighted by Crippen LogP contribution is 2.35. The quantitative estimate of drug-likeness (QED) is 0.759. The van der Waals surface area contributed by atoms with Gasteiger partial charge in [-0.2, -0.15) is 0 Å². The van der Waals surface area contributed by atoms with E-state index < -0.39 is 0 Å². The van der Waals surface area contributed by atoms with Crippen LogP contribution in [-0.4, -0.2) is 5.91 Å². The Morgan fingerprint density at radius 3 is 2.48 bits per heavy atom. The Labute approximate surface area is 133 Å². The molecule has 21 heavy (non-hydrogen) atoms. The van der Waals surface area contributed by atoms with Gasteiger partial charge in [-0.1, -0.05) is 54.0 Å². The van der Waals surface area contributed by atoms with E-state index in [1.54, 1.807) is 0 Å². The Kier molecular flexibility index (Phi) is 3.68. The summed E-state index contributed by atoms with van der Waals surface area (Å²) < 4.78 is 0.971. The number of carbonyl (C=O) groups excluding carboxylic acids is 1. The van der Waals surface area contributed by atoms with Crippen LogP contribution in [0.25, 0.3) is 11.6 Å². The molecule has 1 amide bonds. The summed E-state index contributed by atoms with van der Waals surface area (Å²) in [6, 6.07) is 14.2. The van der Waals surface area contributed by atoms with Crippen molar-refractivity contribution >= 4 is 39.2 Å². The van der Waals surface area contributed by atoms with Crippen LogP contribution in [0.5, 0.6) is 0 Å². The fourth-order valence-corrected chi connectivity index (χ4v) is 2.81. The Balaban J connectivity index is 2.00. The van der Waals surface area contributed by atoms with Crippen LogP contribution in [0.2, 0.25) is 0 Å². The van der Waals surface area contributed by atoms with Crippen molar-refractivity contribution in [3.8, 4) is 0 Å². The maximum absolute atomic E-state index is 12.1. The fraction of sp³-hybridized carbons (Fsp3) is 0.167. The first-order chi connectivity index (χ1) is 10.0. The number of anilines is 1. The summed E-state index contributed by atoms with van der Waals surface area (Å²) in [5, 5.41) is 2.90. The van der Waals surface area contributed by atoms with E-state index in [0.29, 0.717) is 11.5 Å². The predicted octanol–water partition coefficient (Wildman–Crippen LogP) is 5.07. The van der Waals surface area contributed by atoms with Gasteiger partial charge in [0.05, 0.1) is 0 Å². The summed E-state index contributed by atoms with van der Waals surface area (Å²) in [6.07, 6.45) is 1.94. The molecular weight excluding hydrogens is 326 g/mol. The van der Waals surface area contributed by atoms with Crippen molar-refractivity contribution in [3.05, 3.63) is 63.6 Å². The molecule has 0 aromatic heterocycles. The Bertz CT molecular complexity index is 729. The van der Waals surface area contributed by atoms with E-state index in [0.717, 1.165) is 21.3 Å².